The first-order valence-electron chi connectivity index (χ1n) is 39.3. The number of hydrogen-bond acceptors (Lipinski definition) is 15. The van der Waals surface area contributed by atoms with Gasteiger partial charge in [-0.15, -0.1) is 0 Å². The molecule has 0 aliphatic heterocycles. The fraction of sp³-hybridized carbons (Fsp3) is 0.947. The standard InChI is InChI=1S/C75H146O17P2/c1-5-9-13-17-21-25-27-29-31-33-34-35-36-37-39-41-43-46-50-54-58-62-75(80)92-71(66-86-73(78)60-56-52-48-45-42-40-38-32-30-28-26-22-18-14-10-6-2)68-90-94(83,84)88-64-69(76)63-87-93(81,82)89-67-70(65-85-72(77)59-55-51-47-24-20-16-12-8-4)91-74(79)61-57-53-49-44-23-19-15-11-7-3/h69-71,76H,5-68H2,1-4H3,(H,81,82)(H,83,84)/t69-,70+,71+/m0/s1. The fourth-order valence-corrected chi connectivity index (χ4v) is 13.2. The summed E-state index contributed by atoms with van der Waals surface area (Å²) in [6.07, 6.45) is 59.9. The topological polar surface area (TPSA) is 237 Å². The van der Waals surface area contributed by atoms with Crippen LogP contribution in [0.4, 0.5) is 0 Å². The second kappa shape index (κ2) is 69.5. The number of carbonyl (C=O) groups excluding carboxylic acids is 4. The van der Waals surface area contributed by atoms with E-state index in [4.69, 9.17) is 37.0 Å². The van der Waals surface area contributed by atoms with Crippen LogP contribution in [0.5, 0.6) is 0 Å². The van der Waals surface area contributed by atoms with Gasteiger partial charge in [-0.1, -0.05) is 349 Å². The van der Waals surface area contributed by atoms with Gasteiger partial charge in [0.15, 0.2) is 12.2 Å². The summed E-state index contributed by atoms with van der Waals surface area (Å²) in [4.78, 5) is 72.6. The molecule has 558 valence electrons. The molecule has 0 aromatic heterocycles. The molecule has 0 bridgehead atoms. The number of hydrogen-bond donors (Lipinski definition) is 3. The first-order chi connectivity index (χ1) is 45.7. The van der Waals surface area contributed by atoms with Gasteiger partial charge in [-0.05, 0) is 25.7 Å². The zero-order chi connectivity index (χ0) is 69.0. The molecule has 94 heavy (non-hydrogen) atoms. The number of phosphoric acid groups is 2. The summed E-state index contributed by atoms with van der Waals surface area (Å²) in [5, 5.41) is 10.6. The monoisotopic (exact) mass is 1380 g/mol. The lowest BCUT2D eigenvalue weighted by Gasteiger charge is -2.21. The Balaban J connectivity index is 5.15. The van der Waals surface area contributed by atoms with E-state index in [1.807, 2.05) is 0 Å². The van der Waals surface area contributed by atoms with Crippen molar-refractivity contribution in [1.82, 2.24) is 0 Å². The molecular weight excluding hydrogens is 1230 g/mol. The first-order valence-corrected chi connectivity index (χ1v) is 42.3. The van der Waals surface area contributed by atoms with Crippen LogP contribution in [-0.4, -0.2) is 96.7 Å². The van der Waals surface area contributed by atoms with Crippen LogP contribution in [0, 0.1) is 0 Å². The van der Waals surface area contributed by atoms with Crippen LogP contribution in [0.15, 0.2) is 0 Å². The molecule has 5 atom stereocenters. The van der Waals surface area contributed by atoms with Crippen LogP contribution in [0.1, 0.15) is 400 Å². The number of ether oxygens (including phenoxy) is 4. The molecule has 0 aliphatic rings. The molecule has 0 radical (unpaired) electrons. The van der Waals surface area contributed by atoms with E-state index in [-0.39, 0.29) is 25.7 Å². The number of phosphoric ester groups is 2. The van der Waals surface area contributed by atoms with E-state index in [1.54, 1.807) is 0 Å². The van der Waals surface area contributed by atoms with Gasteiger partial charge in [-0.25, -0.2) is 9.13 Å². The highest BCUT2D eigenvalue weighted by Gasteiger charge is 2.30. The summed E-state index contributed by atoms with van der Waals surface area (Å²) in [6, 6.07) is 0. The molecule has 0 aromatic rings. The van der Waals surface area contributed by atoms with Gasteiger partial charge in [-0.3, -0.25) is 37.3 Å². The molecule has 0 saturated carbocycles. The average molecular weight is 1380 g/mol. The van der Waals surface area contributed by atoms with Gasteiger partial charge in [-0.2, -0.15) is 0 Å². The van der Waals surface area contributed by atoms with Crippen molar-refractivity contribution in [2.75, 3.05) is 39.6 Å². The second-order valence-electron chi connectivity index (χ2n) is 27.0. The minimum absolute atomic E-state index is 0.106. The third kappa shape index (κ3) is 68.6. The van der Waals surface area contributed by atoms with Crippen LogP contribution in [0.25, 0.3) is 0 Å². The largest absolute Gasteiger partial charge is 0.472 e. The quantitative estimate of drug-likeness (QED) is 0.0222. The number of rotatable bonds is 76. The van der Waals surface area contributed by atoms with Crippen LogP contribution in [-0.2, 0) is 65.4 Å². The van der Waals surface area contributed by atoms with E-state index in [9.17, 15) is 43.2 Å². The summed E-state index contributed by atoms with van der Waals surface area (Å²) in [5.74, 6) is -2.12. The zero-order valence-corrected chi connectivity index (χ0v) is 62.7. The van der Waals surface area contributed by atoms with Gasteiger partial charge in [0.05, 0.1) is 26.4 Å². The Labute approximate surface area is 575 Å². The molecule has 3 N–H and O–H groups in total. The molecular formula is C75H146O17P2. The van der Waals surface area contributed by atoms with Gasteiger partial charge in [0, 0.05) is 25.7 Å². The number of carbonyl (C=O) groups is 4. The van der Waals surface area contributed by atoms with Crippen molar-refractivity contribution in [2.24, 2.45) is 0 Å². The third-order valence-electron chi connectivity index (χ3n) is 17.6. The van der Waals surface area contributed by atoms with Gasteiger partial charge in [0.25, 0.3) is 0 Å². The minimum Gasteiger partial charge on any atom is -0.462 e. The zero-order valence-electron chi connectivity index (χ0n) is 60.9. The Morgan fingerprint density at radius 1 is 0.255 bits per heavy atom. The minimum atomic E-state index is -4.95. The van der Waals surface area contributed by atoms with Crippen molar-refractivity contribution in [3.63, 3.8) is 0 Å². The van der Waals surface area contributed by atoms with E-state index in [0.717, 1.165) is 96.3 Å². The summed E-state index contributed by atoms with van der Waals surface area (Å²) in [6.45, 7) is 4.93. The van der Waals surface area contributed by atoms with Crippen LogP contribution in [0.2, 0.25) is 0 Å². The van der Waals surface area contributed by atoms with Crippen molar-refractivity contribution in [1.29, 1.82) is 0 Å². The molecule has 0 aliphatic carbocycles. The Morgan fingerprint density at radius 2 is 0.426 bits per heavy atom. The second-order valence-corrected chi connectivity index (χ2v) is 29.9. The van der Waals surface area contributed by atoms with Crippen LogP contribution >= 0.6 is 15.6 Å². The van der Waals surface area contributed by atoms with Crippen molar-refractivity contribution in [2.45, 2.75) is 418 Å². The van der Waals surface area contributed by atoms with Crippen molar-refractivity contribution < 1.29 is 80.2 Å². The Morgan fingerprint density at radius 3 is 0.628 bits per heavy atom. The lowest BCUT2D eigenvalue weighted by atomic mass is 10.0. The first kappa shape index (κ1) is 92.1. The lowest BCUT2D eigenvalue weighted by molar-refractivity contribution is -0.161. The van der Waals surface area contributed by atoms with Crippen molar-refractivity contribution in [3.8, 4) is 0 Å². The molecule has 0 saturated heterocycles. The molecule has 0 aromatic carbocycles. The third-order valence-corrected chi connectivity index (χ3v) is 19.5. The summed E-state index contributed by atoms with van der Waals surface area (Å²) in [7, 11) is -9.90. The maximum atomic E-state index is 13.1. The molecule has 0 rings (SSSR count). The highest BCUT2D eigenvalue weighted by molar-refractivity contribution is 7.47. The number of aliphatic hydroxyl groups excluding tert-OH is 1. The van der Waals surface area contributed by atoms with E-state index < -0.39 is 97.5 Å². The maximum absolute atomic E-state index is 13.1. The molecule has 17 nitrogen and oxygen atoms in total. The Hall–Kier alpha value is -1.94. The number of esters is 4. The van der Waals surface area contributed by atoms with Gasteiger partial charge in [0.2, 0.25) is 0 Å². The van der Waals surface area contributed by atoms with Crippen LogP contribution in [0.3, 0.4) is 0 Å². The lowest BCUT2D eigenvalue weighted by Crippen LogP contribution is -2.30. The SMILES string of the molecule is CCCCCCCCCCCCCCCCCCCCCCCC(=O)O[C@H](COC(=O)CCCCCCCCCCCCCCCCCC)COP(=O)(O)OC[C@@H](O)COP(=O)(O)OC[C@@H](COC(=O)CCCCCCCCCC)OC(=O)CCCCCCCCCCC. The summed E-state index contributed by atoms with van der Waals surface area (Å²) in [5.41, 5.74) is 0. The number of unbranched alkanes of at least 4 members (excludes halogenated alkanes) is 50. The van der Waals surface area contributed by atoms with E-state index in [1.165, 1.54) is 225 Å². The molecule has 0 fully saturated rings. The average Bonchev–Trinajstić information content (AvgIpc) is 2.75. The van der Waals surface area contributed by atoms with Crippen LogP contribution < -0.4 is 0 Å². The molecule has 2 unspecified atom stereocenters. The summed E-state index contributed by atoms with van der Waals surface area (Å²) >= 11 is 0. The normalized spacial score (nSPS) is 13.9. The molecule has 0 amide bonds. The van der Waals surface area contributed by atoms with Gasteiger partial charge >= 0.3 is 39.5 Å². The Bertz CT molecular complexity index is 1790. The summed E-state index contributed by atoms with van der Waals surface area (Å²) < 4.78 is 68.3. The van der Waals surface area contributed by atoms with Gasteiger partial charge < -0.3 is 33.8 Å². The molecule has 19 heteroatoms. The number of aliphatic hydroxyl groups is 1. The predicted octanol–water partition coefficient (Wildman–Crippen LogP) is 22.2. The maximum Gasteiger partial charge on any atom is 0.472 e. The Kier molecular flexibility index (Phi) is 68.1. The van der Waals surface area contributed by atoms with Gasteiger partial charge in [0.1, 0.15) is 19.3 Å². The van der Waals surface area contributed by atoms with E-state index in [0.29, 0.717) is 25.7 Å². The molecule has 0 spiro atoms. The highest BCUT2D eigenvalue weighted by atomic mass is 31.2. The van der Waals surface area contributed by atoms with E-state index in [2.05, 4.69) is 27.7 Å². The van der Waals surface area contributed by atoms with Crippen molar-refractivity contribution >= 4 is 39.5 Å². The van der Waals surface area contributed by atoms with Crippen molar-refractivity contribution in [3.05, 3.63) is 0 Å². The predicted molar refractivity (Wildman–Crippen MR) is 382 cm³/mol. The van der Waals surface area contributed by atoms with E-state index >= 15 is 0 Å². The smallest absolute Gasteiger partial charge is 0.462 e. The highest BCUT2D eigenvalue weighted by Crippen LogP contribution is 2.45. The molecule has 0 heterocycles. The fourth-order valence-electron chi connectivity index (χ4n) is 11.6.